The van der Waals surface area contributed by atoms with Gasteiger partial charge in [-0.25, -0.2) is 9.97 Å². The van der Waals surface area contributed by atoms with Crippen LogP contribution in [-0.4, -0.2) is 22.5 Å². The number of nitrogens with zero attached hydrogens (tertiary/aromatic N) is 2. The normalized spacial score (nSPS) is 10.6. The van der Waals surface area contributed by atoms with Crippen molar-refractivity contribution in [1.82, 2.24) is 9.97 Å². The third-order valence-electron chi connectivity index (χ3n) is 4.73. The lowest BCUT2D eigenvalue weighted by Gasteiger charge is -2.14. The van der Waals surface area contributed by atoms with E-state index in [0.29, 0.717) is 28.4 Å². The molecule has 0 aliphatic heterocycles. The van der Waals surface area contributed by atoms with Gasteiger partial charge in [0.05, 0.1) is 11.3 Å². The van der Waals surface area contributed by atoms with Crippen LogP contribution in [-0.2, 0) is 0 Å². The van der Waals surface area contributed by atoms with E-state index in [1.54, 1.807) is 73.1 Å². The predicted molar refractivity (Wildman–Crippen MR) is 124 cm³/mol. The van der Waals surface area contributed by atoms with Crippen LogP contribution in [0.4, 0.5) is 25.8 Å². The van der Waals surface area contributed by atoms with Gasteiger partial charge in [0.15, 0.2) is 0 Å². The Kier molecular flexibility index (Phi) is 6.92. The lowest BCUT2D eigenvalue weighted by Crippen LogP contribution is -2.14. The summed E-state index contributed by atoms with van der Waals surface area (Å²) in [6, 6.07) is 20.2. The monoisotopic (exact) mass is 462 g/mol. The molecule has 1 amide bonds. The Hall–Kier alpha value is -4.53. The van der Waals surface area contributed by atoms with E-state index in [4.69, 9.17) is 4.74 Å². The molecule has 4 rings (SSSR count). The highest BCUT2D eigenvalue weighted by Crippen LogP contribution is 2.27. The number of rotatable bonds is 8. The number of alkyl halides is 2. The Bertz CT molecular complexity index is 1270. The molecule has 3 aromatic carbocycles. The Morgan fingerprint density at radius 1 is 0.882 bits per heavy atom. The number of hydrogen-bond acceptors (Lipinski definition) is 6. The number of carbonyl (C=O) groups is 1. The SMILES string of the molecule is Cc1cc(Oc2ncccn2)ccc1NC(=O)c1ccccc1Nc1ccc(OC(F)F)cc1. The molecule has 0 radical (unpaired) electrons. The van der Waals surface area contributed by atoms with Gasteiger partial charge in [-0.2, -0.15) is 8.78 Å². The van der Waals surface area contributed by atoms with E-state index in [2.05, 4.69) is 25.3 Å². The maximum absolute atomic E-state index is 13.0. The molecule has 34 heavy (non-hydrogen) atoms. The topological polar surface area (TPSA) is 85.4 Å². The van der Waals surface area contributed by atoms with Crippen molar-refractivity contribution in [3.63, 3.8) is 0 Å². The molecule has 2 N–H and O–H groups in total. The fourth-order valence-electron chi connectivity index (χ4n) is 3.14. The summed E-state index contributed by atoms with van der Waals surface area (Å²) in [4.78, 5) is 21.1. The molecule has 1 aromatic heterocycles. The molecular formula is C25H20F2N4O3. The van der Waals surface area contributed by atoms with Gasteiger partial charge in [0, 0.05) is 23.8 Å². The molecule has 1 heterocycles. The lowest BCUT2D eigenvalue weighted by molar-refractivity contribution is -0.0498. The van der Waals surface area contributed by atoms with Crippen LogP contribution < -0.4 is 20.1 Å². The minimum atomic E-state index is -2.89. The fraction of sp³-hybridized carbons (Fsp3) is 0.0800. The third-order valence-corrected chi connectivity index (χ3v) is 4.73. The minimum absolute atomic E-state index is 0.0494. The van der Waals surface area contributed by atoms with Crippen LogP contribution in [0, 0.1) is 6.92 Å². The summed E-state index contributed by atoms with van der Waals surface area (Å²) >= 11 is 0. The van der Waals surface area contributed by atoms with Crippen molar-refractivity contribution >= 4 is 23.0 Å². The second-order valence-corrected chi connectivity index (χ2v) is 7.14. The van der Waals surface area contributed by atoms with E-state index in [-0.39, 0.29) is 17.7 Å². The van der Waals surface area contributed by atoms with Gasteiger partial charge in [-0.1, -0.05) is 12.1 Å². The number of hydrogen-bond donors (Lipinski definition) is 2. The summed E-state index contributed by atoms with van der Waals surface area (Å²) in [6.07, 6.45) is 3.17. The molecule has 0 saturated carbocycles. The molecule has 0 saturated heterocycles. The van der Waals surface area contributed by atoms with Crippen LogP contribution in [0.1, 0.15) is 15.9 Å². The molecule has 172 valence electrons. The maximum atomic E-state index is 13.0. The maximum Gasteiger partial charge on any atom is 0.387 e. The van der Waals surface area contributed by atoms with Gasteiger partial charge in [-0.15, -0.1) is 0 Å². The Morgan fingerprint density at radius 2 is 1.59 bits per heavy atom. The van der Waals surface area contributed by atoms with Gasteiger partial charge < -0.3 is 20.1 Å². The first kappa shape index (κ1) is 22.7. The number of anilines is 3. The zero-order chi connectivity index (χ0) is 23.9. The van der Waals surface area contributed by atoms with E-state index >= 15 is 0 Å². The van der Waals surface area contributed by atoms with Crippen molar-refractivity contribution in [2.45, 2.75) is 13.5 Å². The van der Waals surface area contributed by atoms with Crippen molar-refractivity contribution in [3.8, 4) is 17.5 Å². The van der Waals surface area contributed by atoms with Crippen molar-refractivity contribution in [3.05, 3.63) is 96.3 Å². The quantitative estimate of drug-likeness (QED) is 0.326. The van der Waals surface area contributed by atoms with Gasteiger partial charge >= 0.3 is 12.6 Å². The van der Waals surface area contributed by atoms with Crippen LogP contribution in [0.2, 0.25) is 0 Å². The smallest absolute Gasteiger partial charge is 0.387 e. The summed E-state index contributed by atoms with van der Waals surface area (Å²) in [7, 11) is 0. The number of aryl methyl sites for hydroxylation is 1. The van der Waals surface area contributed by atoms with Crippen molar-refractivity contribution < 1.29 is 23.0 Å². The number of amides is 1. The molecule has 0 bridgehead atoms. The zero-order valence-corrected chi connectivity index (χ0v) is 18.0. The van der Waals surface area contributed by atoms with Crippen LogP contribution >= 0.6 is 0 Å². The van der Waals surface area contributed by atoms with E-state index < -0.39 is 6.61 Å². The highest BCUT2D eigenvalue weighted by Gasteiger charge is 2.14. The molecule has 0 fully saturated rings. The second kappa shape index (κ2) is 10.4. The van der Waals surface area contributed by atoms with Crippen molar-refractivity contribution in [2.75, 3.05) is 10.6 Å². The second-order valence-electron chi connectivity index (χ2n) is 7.14. The number of benzene rings is 3. The van der Waals surface area contributed by atoms with Crippen LogP contribution in [0.25, 0.3) is 0 Å². The molecular weight excluding hydrogens is 442 g/mol. The van der Waals surface area contributed by atoms with Gasteiger partial charge in [-0.3, -0.25) is 4.79 Å². The number of para-hydroxylation sites is 1. The van der Waals surface area contributed by atoms with Gasteiger partial charge in [0.1, 0.15) is 11.5 Å². The summed E-state index contributed by atoms with van der Waals surface area (Å²) in [5, 5.41) is 6.04. The van der Waals surface area contributed by atoms with E-state index in [0.717, 1.165) is 5.56 Å². The highest BCUT2D eigenvalue weighted by molar-refractivity contribution is 6.08. The molecule has 0 atom stereocenters. The molecule has 9 heteroatoms. The number of carbonyl (C=O) groups excluding carboxylic acids is 1. The Labute approximate surface area is 194 Å². The molecule has 0 aliphatic rings. The molecule has 0 aliphatic carbocycles. The van der Waals surface area contributed by atoms with Crippen molar-refractivity contribution in [2.24, 2.45) is 0 Å². The summed E-state index contributed by atoms with van der Waals surface area (Å²) in [5.74, 6) is 0.278. The number of aromatic nitrogens is 2. The first-order valence-electron chi connectivity index (χ1n) is 10.3. The molecule has 7 nitrogen and oxygen atoms in total. The van der Waals surface area contributed by atoms with Crippen LogP contribution in [0.15, 0.2) is 85.2 Å². The fourth-order valence-corrected chi connectivity index (χ4v) is 3.14. The summed E-state index contributed by atoms with van der Waals surface area (Å²) < 4.78 is 34.7. The van der Waals surface area contributed by atoms with E-state index in [1.165, 1.54) is 12.1 Å². The number of ether oxygens (including phenoxy) is 2. The van der Waals surface area contributed by atoms with Gasteiger partial charge in [-0.05, 0) is 73.2 Å². The average molecular weight is 462 g/mol. The zero-order valence-electron chi connectivity index (χ0n) is 18.0. The largest absolute Gasteiger partial charge is 0.435 e. The molecule has 4 aromatic rings. The summed E-state index contributed by atoms with van der Waals surface area (Å²) in [5.41, 5.74) is 2.99. The first-order chi connectivity index (χ1) is 16.5. The van der Waals surface area contributed by atoms with E-state index in [9.17, 15) is 13.6 Å². The lowest BCUT2D eigenvalue weighted by atomic mass is 10.1. The predicted octanol–water partition coefficient (Wildman–Crippen LogP) is 6.17. The number of halogens is 2. The Morgan fingerprint density at radius 3 is 2.29 bits per heavy atom. The third kappa shape index (κ3) is 5.83. The van der Waals surface area contributed by atoms with Crippen molar-refractivity contribution in [1.29, 1.82) is 0 Å². The molecule has 0 unspecified atom stereocenters. The average Bonchev–Trinajstić information content (AvgIpc) is 2.83. The molecule has 0 spiro atoms. The minimum Gasteiger partial charge on any atom is -0.435 e. The van der Waals surface area contributed by atoms with E-state index in [1.807, 2.05) is 6.92 Å². The number of nitrogens with one attached hydrogen (secondary N) is 2. The highest BCUT2D eigenvalue weighted by atomic mass is 19.3. The van der Waals surface area contributed by atoms with Crippen LogP contribution in [0.5, 0.6) is 17.5 Å². The van der Waals surface area contributed by atoms with Gasteiger partial charge in [0.2, 0.25) is 0 Å². The Balaban J connectivity index is 1.46. The van der Waals surface area contributed by atoms with Crippen LogP contribution in [0.3, 0.4) is 0 Å². The standard InChI is InChI=1S/C25H20F2N4O3/c1-16-15-19(34-25-28-13-4-14-29-25)11-12-21(16)31-23(32)20-5-2-3-6-22(20)30-17-7-9-18(10-8-17)33-24(26)27/h2-15,24,30H,1H3,(H,31,32). The van der Waals surface area contributed by atoms with Gasteiger partial charge in [0.25, 0.3) is 5.91 Å². The summed E-state index contributed by atoms with van der Waals surface area (Å²) in [6.45, 7) is -1.04. The first-order valence-corrected chi connectivity index (χ1v) is 10.3.